The highest BCUT2D eigenvalue weighted by atomic mass is 19.1. The Bertz CT molecular complexity index is 1320. The van der Waals surface area contributed by atoms with Gasteiger partial charge in [0.25, 0.3) is 5.56 Å². The average molecular weight is 378 g/mol. The highest BCUT2D eigenvalue weighted by Crippen LogP contribution is 2.40. The fourth-order valence-corrected chi connectivity index (χ4v) is 3.55. The summed E-state index contributed by atoms with van der Waals surface area (Å²) in [6, 6.07) is 8.24. The molecule has 1 N–H and O–H groups in total. The van der Waals surface area contributed by atoms with Crippen molar-refractivity contribution >= 4 is 22.2 Å². The number of rotatable bonds is 2. The van der Waals surface area contributed by atoms with E-state index >= 15 is 0 Å². The lowest BCUT2D eigenvalue weighted by atomic mass is 9.87. The quantitative estimate of drug-likeness (QED) is 0.581. The van der Waals surface area contributed by atoms with Crippen LogP contribution in [0, 0.1) is 11.6 Å². The standard InChI is InChI=1S/C19H12F2N6O/c1-27-18(22-8-23-27)15-16(9-2-4-10(20)5-3-9)24-13-7-11(21)6-12-14(13)17(15)25-26-19(12)28/h2-8,15H,1H3,(H,26,28)/t15-/m1/s1. The summed E-state index contributed by atoms with van der Waals surface area (Å²) in [7, 11) is 1.73. The Morgan fingerprint density at radius 1 is 1.11 bits per heavy atom. The molecule has 0 amide bonds. The first-order valence-corrected chi connectivity index (χ1v) is 8.43. The fraction of sp³-hybridized carbons (Fsp3) is 0.105. The summed E-state index contributed by atoms with van der Waals surface area (Å²) in [5, 5.41) is 11.4. The maximum atomic E-state index is 14.1. The van der Waals surface area contributed by atoms with E-state index in [1.165, 1.54) is 24.5 Å². The van der Waals surface area contributed by atoms with E-state index in [0.717, 1.165) is 6.07 Å². The molecular weight excluding hydrogens is 366 g/mol. The summed E-state index contributed by atoms with van der Waals surface area (Å²) in [6.45, 7) is 0. The molecule has 0 saturated carbocycles. The Labute approximate surface area is 156 Å². The predicted molar refractivity (Wildman–Crippen MR) is 97.8 cm³/mol. The monoisotopic (exact) mass is 378 g/mol. The van der Waals surface area contributed by atoms with Crippen LogP contribution in [-0.2, 0) is 7.05 Å². The van der Waals surface area contributed by atoms with Gasteiger partial charge >= 0.3 is 0 Å². The Morgan fingerprint density at radius 3 is 2.61 bits per heavy atom. The van der Waals surface area contributed by atoms with Crippen LogP contribution in [0.3, 0.4) is 0 Å². The zero-order chi connectivity index (χ0) is 19.4. The third-order valence-electron chi connectivity index (χ3n) is 4.79. The van der Waals surface area contributed by atoms with E-state index in [0.29, 0.717) is 33.9 Å². The van der Waals surface area contributed by atoms with Gasteiger partial charge in [0.15, 0.2) is 0 Å². The van der Waals surface area contributed by atoms with E-state index in [4.69, 9.17) is 0 Å². The molecule has 0 radical (unpaired) electrons. The molecule has 9 heteroatoms. The second-order valence-electron chi connectivity index (χ2n) is 6.46. The van der Waals surface area contributed by atoms with Crippen LogP contribution in [0.25, 0.3) is 10.8 Å². The van der Waals surface area contributed by atoms with Gasteiger partial charge in [0.2, 0.25) is 0 Å². The molecule has 4 aromatic rings. The first kappa shape index (κ1) is 16.4. The van der Waals surface area contributed by atoms with Crippen molar-refractivity contribution in [2.45, 2.75) is 5.92 Å². The van der Waals surface area contributed by atoms with Gasteiger partial charge < -0.3 is 0 Å². The summed E-state index contributed by atoms with van der Waals surface area (Å²) in [5.74, 6) is -0.995. The molecule has 0 spiro atoms. The van der Waals surface area contributed by atoms with E-state index in [-0.39, 0.29) is 11.2 Å². The number of aromatic amines is 1. The van der Waals surface area contributed by atoms with Gasteiger partial charge in [-0.2, -0.15) is 10.2 Å². The van der Waals surface area contributed by atoms with Crippen molar-refractivity contribution in [1.82, 2.24) is 25.0 Å². The molecule has 0 fully saturated rings. The van der Waals surface area contributed by atoms with Crippen molar-refractivity contribution in [2.75, 3.05) is 0 Å². The van der Waals surface area contributed by atoms with Crippen molar-refractivity contribution in [3.8, 4) is 0 Å². The van der Waals surface area contributed by atoms with Crippen molar-refractivity contribution < 1.29 is 8.78 Å². The van der Waals surface area contributed by atoms with Crippen LogP contribution >= 0.6 is 0 Å². The zero-order valence-corrected chi connectivity index (χ0v) is 14.5. The molecule has 0 bridgehead atoms. The third kappa shape index (κ3) is 2.36. The van der Waals surface area contributed by atoms with E-state index < -0.39 is 17.3 Å². The van der Waals surface area contributed by atoms with Crippen LogP contribution in [-0.4, -0.2) is 30.7 Å². The summed E-state index contributed by atoms with van der Waals surface area (Å²) in [5.41, 5.74) is 1.41. The lowest BCUT2D eigenvalue weighted by Gasteiger charge is -2.24. The topological polar surface area (TPSA) is 88.8 Å². The van der Waals surface area contributed by atoms with Gasteiger partial charge in [-0.1, -0.05) is 12.1 Å². The number of nitrogens with zero attached hydrogens (tertiary/aromatic N) is 5. The van der Waals surface area contributed by atoms with Crippen LogP contribution in [0.4, 0.5) is 14.5 Å². The number of nitrogens with one attached hydrogen (secondary N) is 1. The molecule has 1 atom stereocenters. The number of aliphatic imine (C=N–C) groups is 1. The molecule has 138 valence electrons. The lowest BCUT2D eigenvalue weighted by Crippen LogP contribution is -2.25. The molecule has 5 rings (SSSR count). The zero-order valence-electron chi connectivity index (χ0n) is 14.5. The van der Waals surface area contributed by atoms with Crippen LogP contribution < -0.4 is 5.56 Å². The van der Waals surface area contributed by atoms with Gasteiger partial charge in [-0.05, 0) is 23.8 Å². The van der Waals surface area contributed by atoms with Crippen molar-refractivity contribution in [2.24, 2.45) is 12.0 Å². The summed E-state index contributed by atoms with van der Waals surface area (Å²) >= 11 is 0. The van der Waals surface area contributed by atoms with Crippen LogP contribution in [0.1, 0.15) is 23.0 Å². The maximum Gasteiger partial charge on any atom is 0.272 e. The van der Waals surface area contributed by atoms with Gasteiger partial charge in [0.1, 0.15) is 29.7 Å². The summed E-state index contributed by atoms with van der Waals surface area (Å²) in [6.07, 6.45) is 1.40. The Kier molecular flexibility index (Phi) is 3.45. The van der Waals surface area contributed by atoms with Crippen molar-refractivity contribution in [1.29, 1.82) is 0 Å². The molecule has 3 heterocycles. The number of H-pyrrole nitrogens is 1. The number of hydrogen-bond acceptors (Lipinski definition) is 5. The normalized spacial score (nSPS) is 15.7. The van der Waals surface area contributed by atoms with Crippen LogP contribution in [0.15, 0.2) is 52.5 Å². The highest BCUT2D eigenvalue weighted by molar-refractivity contribution is 6.14. The smallest absolute Gasteiger partial charge is 0.267 e. The fourth-order valence-electron chi connectivity index (χ4n) is 3.55. The number of halogens is 2. The second-order valence-corrected chi connectivity index (χ2v) is 6.46. The minimum absolute atomic E-state index is 0.161. The largest absolute Gasteiger partial charge is 0.272 e. The molecule has 0 saturated heterocycles. The SMILES string of the molecule is Cn1ncnc1[C@@H]1C(c2ccc(F)cc2)=Nc2cc(F)cc3c(=O)[nH]nc1c23. The summed E-state index contributed by atoms with van der Waals surface area (Å²) in [4.78, 5) is 21.2. The Hall–Kier alpha value is -3.75. The molecule has 28 heavy (non-hydrogen) atoms. The van der Waals surface area contributed by atoms with Crippen molar-refractivity contribution in [3.63, 3.8) is 0 Å². The van der Waals surface area contributed by atoms with E-state index in [1.807, 2.05) is 0 Å². The number of aromatic nitrogens is 5. The molecule has 1 aliphatic heterocycles. The van der Waals surface area contributed by atoms with Gasteiger partial charge in [0, 0.05) is 18.5 Å². The predicted octanol–water partition coefficient (Wildman–Crippen LogP) is 2.60. The van der Waals surface area contributed by atoms with Crippen LogP contribution in [0.2, 0.25) is 0 Å². The third-order valence-corrected chi connectivity index (χ3v) is 4.79. The van der Waals surface area contributed by atoms with E-state index in [9.17, 15) is 13.6 Å². The van der Waals surface area contributed by atoms with Gasteiger partial charge in [-0.15, -0.1) is 0 Å². The van der Waals surface area contributed by atoms with Gasteiger partial charge in [-0.3, -0.25) is 14.5 Å². The van der Waals surface area contributed by atoms with Gasteiger partial charge in [-0.25, -0.2) is 18.9 Å². The average Bonchev–Trinajstić information content (AvgIpc) is 3.10. The molecule has 2 aromatic heterocycles. The molecular formula is C19H12F2N6O. The lowest BCUT2D eigenvalue weighted by molar-refractivity contribution is 0.627. The number of aryl methyl sites for hydroxylation is 1. The minimum atomic E-state index is -0.579. The number of benzene rings is 2. The maximum absolute atomic E-state index is 14.1. The summed E-state index contributed by atoms with van der Waals surface area (Å²) < 4.78 is 29.1. The first-order chi connectivity index (χ1) is 13.5. The first-order valence-electron chi connectivity index (χ1n) is 8.43. The second kappa shape index (κ2) is 5.88. The molecule has 7 nitrogen and oxygen atoms in total. The molecule has 1 aliphatic rings. The van der Waals surface area contributed by atoms with Crippen LogP contribution in [0.5, 0.6) is 0 Å². The highest BCUT2D eigenvalue weighted by Gasteiger charge is 2.34. The Balaban J connectivity index is 1.89. The van der Waals surface area contributed by atoms with E-state index in [1.54, 1.807) is 23.9 Å². The van der Waals surface area contributed by atoms with E-state index in [2.05, 4.69) is 25.3 Å². The minimum Gasteiger partial charge on any atom is -0.267 e. The van der Waals surface area contributed by atoms with Gasteiger partial charge in [0.05, 0.1) is 22.5 Å². The number of hydrogen-bond donors (Lipinski definition) is 1. The molecule has 2 aromatic carbocycles. The van der Waals surface area contributed by atoms with Crippen molar-refractivity contribution in [3.05, 3.63) is 81.8 Å². The molecule has 0 unspecified atom stereocenters. The Morgan fingerprint density at radius 2 is 1.89 bits per heavy atom. The molecule has 0 aliphatic carbocycles.